The van der Waals surface area contributed by atoms with Crippen LogP contribution < -0.4 is 4.90 Å². The monoisotopic (exact) mass is 224 g/mol. The first-order chi connectivity index (χ1) is 8.31. The van der Waals surface area contributed by atoms with Crippen LogP contribution in [0, 0.1) is 11.3 Å². The minimum Gasteiger partial charge on any atom is -0.366 e. The quantitative estimate of drug-likeness (QED) is 0.800. The number of hydrogen-bond acceptors (Lipinski definition) is 4. The number of nitriles is 1. The maximum Gasteiger partial charge on any atom is 0.163 e. The zero-order valence-corrected chi connectivity index (χ0v) is 9.54. The number of pyridine rings is 2. The van der Waals surface area contributed by atoms with Gasteiger partial charge in [-0.1, -0.05) is 6.07 Å². The minimum atomic E-state index is 0.436. The highest BCUT2D eigenvalue weighted by Gasteiger charge is 2.08. The third kappa shape index (κ3) is 2.58. The highest BCUT2D eigenvalue weighted by atomic mass is 15.1. The smallest absolute Gasteiger partial charge is 0.163 e. The zero-order chi connectivity index (χ0) is 12.1. The van der Waals surface area contributed by atoms with Crippen molar-refractivity contribution in [2.45, 2.75) is 6.54 Å². The fraction of sp³-hybridized carbons (Fsp3) is 0.154. The van der Waals surface area contributed by atoms with E-state index in [0.29, 0.717) is 12.2 Å². The molecule has 0 saturated carbocycles. The molecule has 0 spiro atoms. The highest BCUT2D eigenvalue weighted by Crippen LogP contribution is 2.17. The van der Waals surface area contributed by atoms with Gasteiger partial charge in [0.05, 0.1) is 17.9 Å². The summed E-state index contributed by atoms with van der Waals surface area (Å²) >= 11 is 0. The fourth-order valence-corrected chi connectivity index (χ4v) is 1.61. The molecule has 0 N–H and O–H groups in total. The normalized spacial score (nSPS) is 9.65. The van der Waals surface area contributed by atoms with Gasteiger partial charge in [0.15, 0.2) is 5.69 Å². The second kappa shape index (κ2) is 5.08. The lowest BCUT2D eigenvalue weighted by molar-refractivity contribution is 0.879. The SMILES string of the molecule is CN(Cc1ccccn1)c1cccnc1C#N. The van der Waals surface area contributed by atoms with Crippen molar-refractivity contribution in [1.82, 2.24) is 9.97 Å². The van der Waals surface area contributed by atoms with E-state index in [0.717, 1.165) is 11.4 Å². The maximum atomic E-state index is 8.98. The van der Waals surface area contributed by atoms with Crippen molar-refractivity contribution in [3.63, 3.8) is 0 Å². The molecule has 2 rings (SSSR count). The summed E-state index contributed by atoms with van der Waals surface area (Å²) in [5.41, 5.74) is 2.22. The van der Waals surface area contributed by atoms with Gasteiger partial charge >= 0.3 is 0 Å². The van der Waals surface area contributed by atoms with Gasteiger partial charge in [0.25, 0.3) is 0 Å². The number of rotatable bonds is 3. The molecule has 2 aromatic heterocycles. The van der Waals surface area contributed by atoms with E-state index in [2.05, 4.69) is 16.0 Å². The van der Waals surface area contributed by atoms with Crippen molar-refractivity contribution in [2.75, 3.05) is 11.9 Å². The fourth-order valence-electron chi connectivity index (χ4n) is 1.61. The predicted octanol–water partition coefficient (Wildman–Crippen LogP) is 1.98. The van der Waals surface area contributed by atoms with E-state index in [-0.39, 0.29) is 0 Å². The van der Waals surface area contributed by atoms with Crippen LogP contribution in [0.1, 0.15) is 11.4 Å². The van der Waals surface area contributed by atoms with Gasteiger partial charge in [-0.25, -0.2) is 4.98 Å². The summed E-state index contributed by atoms with van der Waals surface area (Å²) in [6.45, 7) is 0.654. The van der Waals surface area contributed by atoms with Crippen molar-refractivity contribution in [3.8, 4) is 6.07 Å². The Balaban J connectivity index is 2.21. The van der Waals surface area contributed by atoms with Crippen LogP contribution in [-0.4, -0.2) is 17.0 Å². The average Bonchev–Trinajstić information content (AvgIpc) is 2.40. The van der Waals surface area contributed by atoms with Crippen LogP contribution >= 0.6 is 0 Å². The Bertz CT molecular complexity index is 531. The van der Waals surface area contributed by atoms with E-state index in [1.807, 2.05) is 42.3 Å². The van der Waals surface area contributed by atoms with E-state index in [4.69, 9.17) is 5.26 Å². The maximum absolute atomic E-state index is 8.98. The number of aromatic nitrogens is 2. The molecule has 84 valence electrons. The molecule has 0 aliphatic rings. The third-order valence-corrected chi connectivity index (χ3v) is 2.43. The van der Waals surface area contributed by atoms with Crippen LogP contribution in [0.3, 0.4) is 0 Å². The molecule has 0 amide bonds. The summed E-state index contributed by atoms with van der Waals surface area (Å²) in [5, 5.41) is 8.98. The Morgan fingerprint density at radius 1 is 1.18 bits per heavy atom. The van der Waals surface area contributed by atoms with Crippen molar-refractivity contribution in [1.29, 1.82) is 5.26 Å². The topological polar surface area (TPSA) is 52.8 Å². The lowest BCUT2D eigenvalue weighted by Crippen LogP contribution is -2.18. The van der Waals surface area contributed by atoms with E-state index in [1.165, 1.54) is 0 Å². The molecule has 0 aliphatic heterocycles. The van der Waals surface area contributed by atoms with Gasteiger partial charge in [-0.2, -0.15) is 5.26 Å². The van der Waals surface area contributed by atoms with E-state index < -0.39 is 0 Å². The summed E-state index contributed by atoms with van der Waals surface area (Å²) in [5.74, 6) is 0. The van der Waals surface area contributed by atoms with Crippen molar-refractivity contribution < 1.29 is 0 Å². The predicted molar refractivity (Wildman–Crippen MR) is 65.3 cm³/mol. The summed E-state index contributed by atoms with van der Waals surface area (Å²) in [6.07, 6.45) is 3.38. The van der Waals surface area contributed by atoms with Gasteiger partial charge in [0.1, 0.15) is 6.07 Å². The Morgan fingerprint density at radius 3 is 2.71 bits per heavy atom. The van der Waals surface area contributed by atoms with Gasteiger partial charge in [0, 0.05) is 19.4 Å². The third-order valence-electron chi connectivity index (χ3n) is 2.43. The molecule has 0 saturated heterocycles. The standard InChI is InChI=1S/C13H12N4/c1-17(10-11-5-2-3-7-15-11)13-6-4-8-16-12(13)9-14/h2-8H,10H2,1H3. The van der Waals surface area contributed by atoms with Gasteiger partial charge in [-0.3, -0.25) is 4.98 Å². The van der Waals surface area contributed by atoms with Gasteiger partial charge in [-0.05, 0) is 24.3 Å². The van der Waals surface area contributed by atoms with E-state index >= 15 is 0 Å². The molecule has 0 atom stereocenters. The average molecular weight is 224 g/mol. The highest BCUT2D eigenvalue weighted by molar-refractivity contribution is 5.55. The van der Waals surface area contributed by atoms with Crippen molar-refractivity contribution in [2.24, 2.45) is 0 Å². The summed E-state index contributed by atoms with van der Waals surface area (Å²) in [7, 11) is 1.92. The number of nitrogens with zero attached hydrogens (tertiary/aromatic N) is 4. The Labute approximate surface area is 100 Å². The Morgan fingerprint density at radius 2 is 2.00 bits per heavy atom. The molecule has 0 radical (unpaired) electrons. The molecular weight excluding hydrogens is 212 g/mol. The molecule has 0 fully saturated rings. The lowest BCUT2D eigenvalue weighted by atomic mass is 10.2. The second-order valence-electron chi connectivity index (χ2n) is 3.66. The molecule has 0 aromatic carbocycles. The molecule has 0 bridgehead atoms. The summed E-state index contributed by atoms with van der Waals surface area (Å²) in [4.78, 5) is 10.3. The second-order valence-corrected chi connectivity index (χ2v) is 3.66. The largest absolute Gasteiger partial charge is 0.366 e. The van der Waals surface area contributed by atoms with Crippen LogP contribution in [0.2, 0.25) is 0 Å². The van der Waals surface area contributed by atoms with Crippen molar-refractivity contribution in [3.05, 3.63) is 54.1 Å². The van der Waals surface area contributed by atoms with E-state index in [9.17, 15) is 0 Å². The van der Waals surface area contributed by atoms with Crippen molar-refractivity contribution >= 4 is 5.69 Å². The molecule has 4 heteroatoms. The molecule has 0 aliphatic carbocycles. The lowest BCUT2D eigenvalue weighted by Gasteiger charge is -2.19. The molecular formula is C13H12N4. The number of hydrogen-bond donors (Lipinski definition) is 0. The van der Waals surface area contributed by atoms with Gasteiger partial charge in [0.2, 0.25) is 0 Å². The molecule has 4 nitrogen and oxygen atoms in total. The molecule has 2 heterocycles. The van der Waals surface area contributed by atoms with E-state index in [1.54, 1.807) is 12.4 Å². The molecule has 0 unspecified atom stereocenters. The minimum absolute atomic E-state index is 0.436. The molecule has 17 heavy (non-hydrogen) atoms. The summed E-state index contributed by atoms with van der Waals surface area (Å²) < 4.78 is 0. The zero-order valence-electron chi connectivity index (χ0n) is 9.54. The van der Waals surface area contributed by atoms with Crippen LogP contribution in [0.15, 0.2) is 42.7 Å². The molecule has 2 aromatic rings. The van der Waals surface area contributed by atoms with Gasteiger partial charge < -0.3 is 4.90 Å². The van der Waals surface area contributed by atoms with Crippen LogP contribution in [0.4, 0.5) is 5.69 Å². The summed E-state index contributed by atoms with van der Waals surface area (Å²) in [6, 6.07) is 11.6. The Hall–Kier alpha value is -2.41. The van der Waals surface area contributed by atoms with Gasteiger partial charge in [-0.15, -0.1) is 0 Å². The van der Waals surface area contributed by atoms with Crippen LogP contribution in [-0.2, 0) is 6.54 Å². The first kappa shape index (κ1) is 11.1. The number of anilines is 1. The first-order valence-electron chi connectivity index (χ1n) is 5.27. The van der Waals surface area contributed by atoms with Crippen LogP contribution in [0.5, 0.6) is 0 Å². The first-order valence-corrected chi connectivity index (χ1v) is 5.27. The Kier molecular flexibility index (Phi) is 3.31. The van der Waals surface area contributed by atoms with Crippen LogP contribution in [0.25, 0.3) is 0 Å².